The Morgan fingerprint density at radius 2 is 1.77 bits per heavy atom. The summed E-state index contributed by atoms with van der Waals surface area (Å²) in [5, 5.41) is 4.74. The van der Waals surface area contributed by atoms with Crippen LogP contribution in [0.25, 0.3) is 11.5 Å². The molecule has 0 unspecified atom stereocenters. The summed E-state index contributed by atoms with van der Waals surface area (Å²) < 4.78 is 1.10. The normalized spacial score (nSPS) is 15.0. The van der Waals surface area contributed by atoms with Crippen LogP contribution in [0.15, 0.2) is 42.6 Å². The lowest BCUT2D eigenvalue weighted by Crippen LogP contribution is -2.48. The molecule has 0 spiro atoms. The van der Waals surface area contributed by atoms with Crippen LogP contribution >= 0.6 is 11.6 Å². The van der Waals surface area contributed by atoms with E-state index >= 15 is 0 Å². The lowest BCUT2D eigenvalue weighted by molar-refractivity contribution is 0.0948. The van der Waals surface area contributed by atoms with E-state index in [-0.39, 0.29) is 17.7 Å². The predicted molar refractivity (Wildman–Crippen MR) is 118 cm³/mol. The summed E-state index contributed by atoms with van der Waals surface area (Å²) in [5.74, 6) is -0.0471. The number of nitrogens with zero attached hydrogens (tertiary/aromatic N) is 6. The standard InChI is InChI=1S/C21H24ClN7O/c1-14(2)27-9-11-28(12-10-27)17-6-3-15(4-7-17)20(30)29-21(23)25-19(26-29)18-8-5-16(22)13-24-18/h3-8,13-14H,9-12H2,1-2H3,(H2,23,25,26). The quantitative estimate of drug-likeness (QED) is 0.686. The van der Waals surface area contributed by atoms with Crippen LogP contribution in [0.2, 0.25) is 5.02 Å². The van der Waals surface area contributed by atoms with Crippen molar-refractivity contribution in [2.75, 3.05) is 36.8 Å². The van der Waals surface area contributed by atoms with Crippen LogP contribution in [0.5, 0.6) is 0 Å². The topological polar surface area (TPSA) is 93.2 Å². The molecule has 1 aliphatic heterocycles. The number of piperazine rings is 1. The molecule has 2 aromatic heterocycles. The molecule has 0 amide bonds. The number of carbonyl (C=O) groups is 1. The molecule has 9 heteroatoms. The van der Waals surface area contributed by atoms with E-state index in [1.165, 1.54) is 6.20 Å². The van der Waals surface area contributed by atoms with Gasteiger partial charge in [0.25, 0.3) is 5.91 Å². The van der Waals surface area contributed by atoms with E-state index in [2.05, 4.69) is 38.7 Å². The van der Waals surface area contributed by atoms with Crippen molar-refractivity contribution in [1.82, 2.24) is 24.6 Å². The van der Waals surface area contributed by atoms with E-state index in [9.17, 15) is 4.79 Å². The monoisotopic (exact) mass is 425 g/mol. The molecular weight excluding hydrogens is 402 g/mol. The molecule has 3 heterocycles. The number of nitrogen functional groups attached to an aromatic ring is 1. The van der Waals surface area contributed by atoms with E-state index in [0.29, 0.717) is 22.3 Å². The Hall–Kier alpha value is -2.97. The number of pyridine rings is 1. The molecule has 30 heavy (non-hydrogen) atoms. The molecule has 2 N–H and O–H groups in total. The van der Waals surface area contributed by atoms with E-state index in [0.717, 1.165) is 36.5 Å². The van der Waals surface area contributed by atoms with Crippen molar-refractivity contribution in [3.05, 3.63) is 53.2 Å². The third-order valence-corrected chi connectivity index (χ3v) is 5.53. The number of rotatable bonds is 4. The summed E-state index contributed by atoms with van der Waals surface area (Å²) in [6, 6.07) is 11.5. The minimum Gasteiger partial charge on any atom is -0.369 e. The van der Waals surface area contributed by atoms with Crippen molar-refractivity contribution in [3.8, 4) is 11.5 Å². The Labute approximate surface area is 180 Å². The molecule has 8 nitrogen and oxygen atoms in total. The fourth-order valence-electron chi connectivity index (χ4n) is 3.52. The Morgan fingerprint density at radius 3 is 2.37 bits per heavy atom. The smallest absolute Gasteiger partial charge is 0.281 e. The van der Waals surface area contributed by atoms with Gasteiger partial charge in [-0.2, -0.15) is 9.67 Å². The van der Waals surface area contributed by atoms with Crippen molar-refractivity contribution in [2.24, 2.45) is 0 Å². The maximum absolute atomic E-state index is 12.9. The van der Waals surface area contributed by atoms with Crippen molar-refractivity contribution in [2.45, 2.75) is 19.9 Å². The SMILES string of the molecule is CC(C)N1CCN(c2ccc(C(=O)n3nc(-c4ccc(Cl)cn4)nc3N)cc2)CC1. The van der Waals surface area contributed by atoms with Gasteiger partial charge in [-0.15, -0.1) is 5.10 Å². The van der Waals surface area contributed by atoms with Gasteiger partial charge in [0.2, 0.25) is 11.8 Å². The first-order valence-corrected chi connectivity index (χ1v) is 10.3. The second-order valence-electron chi connectivity index (χ2n) is 7.54. The Bertz CT molecular complexity index is 1020. The Balaban J connectivity index is 1.48. The lowest BCUT2D eigenvalue weighted by Gasteiger charge is -2.38. The number of hydrogen-bond donors (Lipinski definition) is 1. The van der Waals surface area contributed by atoms with Crippen LogP contribution in [0.1, 0.15) is 24.2 Å². The molecule has 1 fully saturated rings. The summed E-state index contributed by atoms with van der Waals surface area (Å²) in [6.07, 6.45) is 1.50. The average molecular weight is 426 g/mol. The highest BCUT2D eigenvalue weighted by Crippen LogP contribution is 2.20. The Morgan fingerprint density at radius 1 is 1.07 bits per heavy atom. The van der Waals surface area contributed by atoms with E-state index in [4.69, 9.17) is 17.3 Å². The third kappa shape index (κ3) is 4.15. The highest BCUT2D eigenvalue weighted by atomic mass is 35.5. The fourth-order valence-corrected chi connectivity index (χ4v) is 3.64. The zero-order valence-electron chi connectivity index (χ0n) is 17.0. The molecule has 1 aromatic carbocycles. The van der Waals surface area contributed by atoms with Crippen LogP contribution < -0.4 is 10.6 Å². The zero-order chi connectivity index (χ0) is 21.3. The first-order valence-electron chi connectivity index (χ1n) is 9.90. The number of benzene rings is 1. The number of aromatic nitrogens is 4. The van der Waals surface area contributed by atoms with Crippen LogP contribution in [0.3, 0.4) is 0 Å². The first kappa shape index (κ1) is 20.3. The summed E-state index contributed by atoms with van der Waals surface area (Å²) in [7, 11) is 0. The van der Waals surface area contributed by atoms with Crippen LogP contribution in [-0.2, 0) is 0 Å². The van der Waals surface area contributed by atoms with Crippen molar-refractivity contribution < 1.29 is 4.79 Å². The van der Waals surface area contributed by atoms with Crippen LogP contribution in [-0.4, -0.2) is 62.8 Å². The fraction of sp³-hybridized carbons (Fsp3) is 0.333. The van der Waals surface area contributed by atoms with Gasteiger partial charge in [-0.05, 0) is 50.2 Å². The molecule has 1 saturated heterocycles. The minimum atomic E-state index is -0.337. The molecule has 3 aromatic rings. The van der Waals surface area contributed by atoms with Gasteiger partial charge in [-0.1, -0.05) is 11.6 Å². The lowest BCUT2D eigenvalue weighted by atomic mass is 10.1. The van der Waals surface area contributed by atoms with Crippen molar-refractivity contribution in [3.63, 3.8) is 0 Å². The molecule has 1 aliphatic rings. The molecule has 0 bridgehead atoms. The van der Waals surface area contributed by atoms with E-state index in [1.54, 1.807) is 24.3 Å². The van der Waals surface area contributed by atoms with Gasteiger partial charge in [0.05, 0.1) is 5.02 Å². The van der Waals surface area contributed by atoms with Crippen molar-refractivity contribution in [1.29, 1.82) is 0 Å². The number of anilines is 2. The van der Waals surface area contributed by atoms with Crippen molar-refractivity contribution >= 4 is 29.1 Å². The highest BCUT2D eigenvalue weighted by Gasteiger charge is 2.20. The number of hydrogen-bond acceptors (Lipinski definition) is 7. The summed E-state index contributed by atoms with van der Waals surface area (Å²) in [4.78, 5) is 26.0. The van der Waals surface area contributed by atoms with E-state index in [1.807, 2.05) is 12.1 Å². The van der Waals surface area contributed by atoms with Crippen LogP contribution in [0, 0.1) is 0 Å². The van der Waals surface area contributed by atoms with Gasteiger partial charge >= 0.3 is 0 Å². The first-order chi connectivity index (χ1) is 14.4. The molecule has 0 aliphatic carbocycles. The summed E-state index contributed by atoms with van der Waals surface area (Å²) in [6.45, 7) is 8.46. The van der Waals surface area contributed by atoms with Gasteiger partial charge in [-0.3, -0.25) is 14.7 Å². The molecule has 156 valence electrons. The predicted octanol–water partition coefficient (Wildman–Crippen LogP) is 2.79. The molecular formula is C21H24ClN7O. The maximum atomic E-state index is 12.9. The van der Waals surface area contributed by atoms with Crippen LogP contribution in [0.4, 0.5) is 11.6 Å². The van der Waals surface area contributed by atoms with Gasteiger partial charge in [0.1, 0.15) is 5.69 Å². The van der Waals surface area contributed by atoms with E-state index < -0.39 is 0 Å². The highest BCUT2D eigenvalue weighted by molar-refractivity contribution is 6.30. The minimum absolute atomic E-state index is 0.0145. The Kier molecular flexibility index (Phi) is 5.69. The molecule has 0 saturated carbocycles. The largest absolute Gasteiger partial charge is 0.369 e. The second kappa shape index (κ2) is 8.41. The van der Waals surface area contributed by atoms with Gasteiger partial charge in [-0.25, -0.2) is 0 Å². The third-order valence-electron chi connectivity index (χ3n) is 5.30. The van der Waals surface area contributed by atoms with Gasteiger partial charge in [0.15, 0.2) is 0 Å². The second-order valence-corrected chi connectivity index (χ2v) is 7.97. The number of nitrogens with two attached hydrogens (primary N) is 1. The zero-order valence-corrected chi connectivity index (χ0v) is 17.8. The molecule has 0 radical (unpaired) electrons. The van der Waals surface area contributed by atoms with Gasteiger partial charge in [0, 0.05) is 49.7 Å². The molecule has 0 atom stereocenters. The number of carbonyl (C=O) groups excluding carboxylic acids is 1. The average Bonchev–Trinajstić information content (AvgIpc) is 3.15. The van der Waals surface area contributed by atoms with Gasteiger partial charge < -0.3 is 10.6 Å². The summed E-state index contributed by atoms with van der Waals surface area (Å²) in [5.41, 5.74) is 8.02. The summed E-state index contributed by atoms with van der Waals surface area (Å²) >= 11 is 5.86. The maximum Gasteiger partial charge on any atom is 0.281 e. The number of halogens is 1. The molecule has 4 rings (SSSR count).